The lowest BCUT2D eigenvalue weighted by molar-refractivity contribution is 0.135. The largest absolute Gasteiger partial charge is 0.382 e. The fourth-order valence-electron chi connectivity index (χ4n) is 3.24. The van der Waals surface area contributed by atoms with Crippen molar-refractivity contribution in [2.24, 2.45) is 0 Å². The van der Waals surface area contributed by atoms with Gasteiger partial charge in [-0.25, -0.2) is 0 Å². The van der Waals surface area contributed by atoms with Crippen LogP contribution in [-0.2, 0) is 0 Å². The van der Waals surface area contributed by atoms with Crippen LogP contribution in [0.4, 0.5) is 5.69 Å². The van der Waals surface area contributed by atoms with E-state index in [0.29, 0.717) is 17.1 Å². The average Bonchev–Trinajstić information content (AvgIpc) is 2.36. The fourth-order valence-corrected chi connectivity index (χ4v) is 3.73. The molecule has 0 aromatic heterocycles. The molecule has 3 rings (SSSR count). The van der Waals surface area contributed by atoms with Crippen molar-refractivity contribution in [1.29, 1.82) is 5.26 Å². The molecule has 1 spiro atoms. The van der Waals surface area contributed by atoms with Gasteiger partial charge in [-0.1, -0.05) is 15.9 Å². The van der Waals surface area contributed by atoms with E-state index < -0.39 is 0 Å². The first kappa shape index (κ1) is 13.0. The van der Waals surface area contributed by atoms with Crippen LogP contribution >= 0.6 is 15.9 Å². The Hall–Kier alpha value is -1.05. The molecule has 2 fully saturated rings. The molecule has 0 bridgehead atoms. The Kier molecular flexibility index (Phi) is 3.51. The Morgan fingerprint density at radius 2 is 2.21 bits per heavy atom. The molecule has 2 aliphatic rings. The lowest BCUT2D eigenvalue weighted by atomic mass is 9.70. The molecule has 2 N–H and O–H groups in total. The highest BCUT2D eigenvalue weighted by Gasteiger charge is 2.40. The second kappa shape index (κ2) is 5.15. The van der Waals surface area contributed by atoms with Crippen molar-refractivity contribution in [1.82, 2.24) is 5.32 Å². The van der Waals surface area contributed by atoms with Crippen LogP contribution < -0.4 is 10.6 Å². The minimum atomic E-state index is 0.403. The van der Waals surface area contributed by atoms with Gasteiger partial charge in [0.15, 0.2) is 0 Å². The second-order valence-electron chi connectivity index (χ2n) is 5.74. The maximum Gasteiger partial charge on any atom is 0.0992 e. The number of hydrogen-bond donors (Lipinski definition) is 2. The molecular weight excluding hydrogens is 302 g/mol. The molecule has 1 aliphatic carbocycles. The van der Waals surface area contributed by atoms with E-state index in [1.54, 1.807) is 0 Å². The van der Waals surface area contributed by atoms with Crippen molar-refractivity contribution in [3.05, 3.63) is 28.2 Å². The van der Waals surface area contributed by atoms with E-state index in [9.17, 15) is 0 Å². The van der Waals surface area contributed by atoms with E-state index in [-0.39, 0.29) is 0 Å². The van der Waals surface area contributed by atoms with E-state index in [4.69, 9.17) is 5.26 Å². The summed E-state index contributed by atoms with van der Waals surface area (Å²) in [6, 6.07) is 8.55. The summed E-state index contributed by atoms with van der Waals surface area (Å²) in [6.45, 7) is 1.09. The van der Waals surface area contributed by atoms with Crippen molar-refractivity contribution in [3.63, 3.8) is 0 Å². The monoisotopic (exact) mass is 319 g/mol. The quantitative estimate of drug-likeness (QED) is 0.878. The van der Waals surface area contributed by atoms with Crippen molar-refractivity contribution < 1.29 is 0 Å². The van der Waals surface area contributed by atoms with Gasteiger partial charge in [0.05, 0.1) is 11.6 Å². The van der Waals surface area contributed by atoms with E-state index in [1.165, 1.54) is 25.7 Å². The smallest absolute Gasteiger partial charge is 0.0992 e. The van der Waals surface area contributed by atoms with E-state index >= 15 is 0 Å². The maximum atomic E-state index is 9.01. The summed E-state index contributed by atoms with van der Waals surface area (Å²) in [7, 11) is 0. The Morgan fingerprint density at radius 1 is 1.37 bits per heavy atom. The standard InChI is InChI=1S/C15H18BrN3/c16-12-6-11(10-17)7-14(8-12)19-13-2-5-18-15(9-13)3-1-4-15/h6-8,13,18-19H,1-5,9H2. The first-order valence-electron chi connectivity index (χ1n) is 6.91. The highest BCUT2D eigenvalue weighted by molar-refractivity contribution is 9.10. The van der Waals surface area contributed by atoms with Crippen LogP contribution in [0.15, 0.2) is 22.7 Å². The number of hydrogen-bond acceptors (Lipinski definition) is 3. The number of benzene rings is 1. The molecule has 1 heterocycles. The number of piperidine rings is 1. The first-order valence-corrected chi connectivity index (χ1v) is 7.71. The van der Waals surface area contributed by atoms with Gasteiger partial charge >= 0.3 is 0 Å². The summed E-state index contributed by atoms with van der Waals surface area (Å²) in [4.78, 5) is 0. The molecule has 19 heavy (non-hydrogen) atoms. The number of rotatable bonds is 2. The molecule has 1 atom stereocenters. The minimum absolute atomic E-state index is 0.403. The lowest BCUT2D eigenvalue weighted by Gasteiger charge is -2.48. The minimum Gasteiger partial charge on any atom is -0.382 e. The molecule has 4 heteroatoms. The van der Waals surface area contributed by atoms with Crippen molar-refractivity contribution >= 4 is 21.6 Å². The molecular formula is C15H18BrN3. The summed E-state index contributed by atoms with van der Waals surface area (Å²) in [6.07, 6.45) is 6.33. The van der Waals surface area contributed by atoms with Crippen LogP contribution in [0.25, 0.3) is 0 Å². The molecule has 0 radical (unpaired) electrons. The van der Waals surface area contributed by atoms with Gasteiger partial charge in [-0.3, -0.25) is 0 Å². The SMILES string of the molecule is N#Cc1cc(Br)cc(NC2CCNC3(CCC3)C2)c1. The molecule has 1 saturated heterocycles. The topological polar surface area (TPSA) is 47.9 Å². The van der Waals surface area contributed by atoms with Gasteiger partial charge in [-0.05, 0) is 56.8 Å². The van der Waals surface area contributed by atoms with Gasteiger partial charge in [0.2, 0.25) is 0 Å². The molecule has 100 valence electrons. The third kappa shape index (κ3) is 2.77. The molecule has 1 saturated carbocycles. The van der Waals surface area contributed by atoms with Gasteiger partial charge in [-0.15, -0.1) is 0 Å². The molecule has 0 amide bonds. The normalized spacial score (nSPS) is 24.5. The molecule has 1 aromatic rings. The number of nitrogens with zero attached hydrogens (tertiary/aromatic N) is 1. The van der Waals surface area contributed by atoms with Crippen LogP contribution in [0.3, 0.4) is 0 Å². The Labute approximate surface area is 122 Å². The third-order valence-electron chi connectivity index (χ3n) is 4.34. The van der Waals surface area contributed by atoms with Crippen LogP contribution in [0, 0.1) is 11.3 Å². The highest BCUT2D eigenvalue weighted by atomic mass is 79.9. The first-order chi connectivity index (χ1) is 9.19. The zero-order chi connectivity index (χ0) is 13.3. The second-order valence-corrected chi connectivity index (χ2v) is 6.65. The van der Waals surface area contributed by atoms with Gasteiger partial charge in [0.1, 0.15) is 0 Å². The predicted molar refractivity (Wildman–Crippen MR) is 80.1 cm³/mol. The van der Waals surface area contributed by atoms with Crippen LogP contribution in [0.5, 0.6) is 0 Å². The van der Waals surface area contributed by atoms with Gasteiger partial charge in [-0.2, -0.15) is 5.26 Å². The number of nitriles is 1. The summed E-state index contributed by atoms with van der Waals surface area (Å²) < 4.78 is 0.960. The van der Waals surface area contributed by atoms with E-state index in [0.717, 1.165) is 23.1 Å². The molecule has 1 aromatic carbocycles. The van der Waals surface area contributed by atoms with Crippen LogP contribution in [-0.4, -0.2) is 18.1 Å². The Morgan fingerprint density at radius 3 is 2.89 bits per heavy atom. The molecule has 1 aliphatic heterocycles. The lowest BCUT2D eigenvalue weighted by Crippen LogP contribution is -2.58. The summed E-state index contributed by atoms with van der Waals surface area (Å²) in [5, 5.41) is 16.3. The van der Waals surface area contributed by atoms with Gasteiger partial charge < -0.3 is 10.6 Å². The predicted octanol–water partition coefficient (Wildman–Crippen LogP) is 3.41. The summed E-state index contributed by atoms with van der Waals surface area (Å²) >= 11 is 3.46. The Bertz CT molecular complexity index is 517. The highest BCUT2D eigenvalue weighted by Crippen LogP contribution is 2.39. The van der Waals surface area contributed by atoms with Crippen LogP contribution in [0.2, 0.25) is 0 Å². The number of halogens is 1. The molecule has 3 nitrogen and oxygen atoms in total. The van der Waals surface area contributed by atoms with Crippen molar-refractivity contribution in [2.45, 2.75) is 43.7 Å². The third-order valence-corrected chi connectivity index (χ3v) is 4.80. The van der Waals surface area contributed by atoms with Crippen LogP contribution in [0.1, 0.15) is 37.7 Å². The van der Waals surface area contributed by atoms with Gasteiger partial charge in [0.25, 0.3) is 0 Å². The van der Waals surface area contributed by atoms with Crippen molar-refractivity contribution in [2.75, 3.05) is 11.9 Å². The summed E-state index contributed by atoms with van der Waals surface area (Å²) in [5.74, 6) is 0. The summed E-state index contributed by atoms with van der Waals surface area (Å²) in [5.41, 5.74) is 2.15. The Balaban J connectivity index is 1.71. The number of anilines is 1. The zero-order valence-corrected chi connectivity index (χ0v) is 12.5. The number of nitrogens with one attached hydrogen (secondary N) is 2. The molecule has 1 unspecified atom stereocenters. The zero-order valence-electron chi connectivity index (χ0n) is 10.9. The van der Waals surface area contributed by atoms with Crippen molar-refractivity contribution in [3.8, 4) is 6.07 Å². The van der Waals surface area contributed by atoms with Gasteiger partial charge in [0, 0.05) is 21.7 Å². The average molecular weight is 320 g/mol. The van der Waals surface area contributed by atoms with E-state index in [2.05, 4.69) is 38.7 Å². The fraction of sp³-hybridized carbons (Fsp3) is 0.533. The van der Waals surface area contributed by atoms with E-state index in [1.807, 2.05) is 12.1 Å². The maximum absolute atomic E-state index is 9.01.